The Balaban J connectivity index is 2.00. The third-order valence-corrected chi connectivity index (χ3v) is 6.08. The number of rotatable bonds is 7. The van der Waals surface area contributed by atoms with E-state index < -0.39 is 21.9 Å². The smallest absolute Gasteiger partial charge is 0.355 e. The van der Waals surface area contributed by atoms with Crippen LogP contribution in [0.3, 0.4) is 0 Å². The van der Waals surface area contributed by atoms with Gasteiger partial charge in [0.2, 0.25) is 10.0 Å². The van der Waals surface area contributed by atoms with E-state index in [2.05, 4.69) is 10.3 Å². The van der Waals surface area contributed by atoms with Crippen molar-refractivity contribution in [2.75, 3.05) is 20.6 Å². The molecule has 2 heterocycles. The highest BCUT2D eigenvalue weighted by molar-refractivity contribution is 7.89. The quantitative estimate of drug-likeness (QED) is 0.724. The van der Waals surface area contributed by atoms with Crippen LogP contribution in [0, 0.1) is 6.92 Å². The van der Waals surface area contributed by atoms with Crippen LogP contribution in [0.25, 0.3) is 0 Å². The Kier molecular flexibility index (Phi) is 5.60. The number of amides is 1. The van der Waals surface area contributed by atoms with Crippen LogP contribution in [0.15, 0.2) is 20.8 Å². The number of nitrogens with zero attached hydrogens (tertiary/aromatic N) is 2. The summed E-state index contributed by atoms with van der Waals surface area (Å²) >= 11 is 1.19. The van der Waals surface area contributed by atoms with Crippen LogP contribution in [0.1, 0.15) is 31.8 Å². The van der Waals surface area contributed by atoms with Crippen LogP contribution < -0.4 is 5.32 Å². The van der Waals surface area contributed by atoms with Gasteiger partial charge in [0.1, 0.15) is 10.7 Å². The molecule has 0 atom stereocenters. The van der Waals surface area contributed by atoms with Crippen LogP contribution in [-0.2, 0) is 16.4 Å². The second-order valence-corrected chi connectivity index (χ2v) is 8.32. The molecule has 0 aliphatic rings. The Hall–Kier alpha value is -2.24. The number of hydrogen-bond donors (Lipinski definition) is 2. The SMILES string of the molecule is Cc1oc(C(=O)NCCc2nc(C(=O)O)cs2)cc1S(=O)(=O)N(C)C. The van der Waals surface area contributed by atoms with Crippen molar-refractivity contribution in [3.63, 3.8) is 0 Å². The molecule has 0 aliphatic carbocycles. The number of thiazole rings is 1. The minimum Gasteiger partial charge on any atom is -0.476 e. The predicted octanol–water partition coefficient (Wildman–Crippen LogP) is 0.966. The zero-order chi connectivity index (χ0) is 18.8. The number of aromatic nitrogens is 1. The molecule has 11 heteroatoms. The first-order valence-electron chi connectivity index (χ1n) is 7.11. The molecular formula is C14H17N3O6S2. The largest absolute Gasteiger partial charge is 0.476 e. The molecule has 1 amide bonds. The molecule has 25 heavy (non-hydrogen) atoms. The summed E-state index contributed by atoms with van der Waals surface area (Å²) in [4.78, 5) is 26.7. The van der Waals surface area contributed by atoms with Crippen LogP contribution in [0.4, 0.5) is 0 Å². The van der Waals surface area contributed by atoms with Crippen molar-refractivity contribution < 1.29 is 27.5 Å². The van der Waals surface area contributed by atoms with Crippen LogP contribution in [0.5, 0.6) is 0 Å². The van der Waals surface area contributed by atoms with Crippen LogP contribution in [-0.4, -0.2) is 55.3 Å². The number of hydrogen-bond acceptors (Lipinski definition) is 7. The van der Waals surface area contributed by atoms with Gasteiger partial charge >= 0.3 is 5.97 Å². The Bertz CT molecular complexity index is 898. The number of carbonyl (C=O) groups is 2. The first kappa shape index (κ1) is 19.1. The Morgan fingerprint density at radius 3 is 2.64 bits per heavy atom. The van der Waals surface area contributed by atoms with E-state index in [0.29, 0.717) is 11.4 Å². The highest BCUT2D eigenvalue weighted by atomic mass is 32.2. The zero-order valence-corrected chi connectivity index (χ0v) is 15.4. The first-order chi connectivity index (χ1) is 11.6. The minimum absolute atomic E-state index is 0.0356. The molecule has 0 spiro atoms. The normalized spacial score (nSPS) is 11.7. The molecule has 0 radical (unpaired) electrons. The van der Waals surface area contributed by atoms with Gasteiger partial charge in [-0.15, -0.1) is 11.3 Å². The Labute approximate surface area is 148 Å². The molecule has 0 bridgehead atoms. The van der Waals surface area contributed by atoms with Gasteiger partial charge in [0.25, 0.3) is 5.91 Å². The maximum Gasteiger partial charge on any atom is 0.355 e. The Morgan fingerprint density at radius 1 is 1.40 bits per heavy atom. The van der Waals surface area contributed by atoms with Crippen molar-refractivity contribution in [2.24, 2.45) is 0 Å². The van der Waals surface area contributed by atoms with Crippen molar-refractivity contribution in [3.8, 4) is 0 Å². The van der Waals surface area contributed by atoms with Gasteiger partial charge in [-0.2, -0.15) is 0 Å². The van der Waals surface area contributed by atoms with Crippen LogP contribution in [0.2, 0.25) is 0 Å². The summed E-state index contributed by atoms with van der Waals surface area (Å²) in [7, 11) is -0.914. The lowest BCUT2D eigenvalue weighted by Gasteiger charge is -2.09. The summed E-state index contributed by atoms with van der Waals surface area (Å²) in [6.45, 7) is 1.68. The number of aryl methyl sites for hydroxylation is 1. The fraction of sp³-hybridized carbons (Fsp3) is 0.357. The summed E-state index contributed by atoms with van der Waals surface area (Å²) in [5.41, 5.74) is -0.0356. The van der Waals surface area contributed by atoms with Gasteiger partial charge < -0.3 is 14.8 Å². The van der Waals surface area contributed by atoms with E-state index in [4.69, 9.17) is 9.52 Å². The topological polar surface area (TPSA) is 130 Å². The van der Waals surface area contributed by atoms with Gasteiger partial charge in [-0.3, -0.25) is 4.79 Å². The second-order valence-electron chi connectivity index (χ2n) is 5.26. The van der Waals surface area contributed by atoms with E-state index in [9.17, 15) is 18.0 Å². The Morgan fingerprint density at radius 2 is 2.08 bits per heavy atom. The second kappa shape index (κ2) is 7.33. The third-order valence-electron chi connectivity index (χ3n) is 3.25. The average molecular weight is 387 g/mol. The highest BCUT2D eigenvalue weighted by Gasteiger charge is 2.25. The van der Waals surface area contributed by atoms with Crippen molar-refractivity contribution in [2.45, 2.75) is 18.2 Å². The third kappa shape index (κ3) is 4.24. The van der Waals surface area contributed by atoms with Crippen molar-refractivity contribution in [3.05, 3.63) is 33.7 Å². The number of sulfonamides is 1. The lowest BCUT2D eigenvalue weighted by Crippen LogP contribution is -2.25. The summed E-state index contributed by atoms with van der Waals surface area (Å²) in [6, 6.07) is 1.19. The number of furan rings is 1. The van der Waals surface area contributed by atoms with E-state index in [-0.39, 0.29) is 28.7 Å². The molecule has 0 fully saturated rings. The van der Waals surface area contributed by atoms with Gasteiger partial charge in [0.15, 0.2) is 11.5 Å². The molecule has 2 aromatic rings. The molecule has 136 valence electrons. The zero-order valence-electron chi connectivity index (χ0n) is 13.8. The monoisotopic (exact) mass is 387 g/mol. The fourth-order valence-corrected chi connectivity index (χ4v) is 3.75. The van der Waals surface area contributed by atoms with Gasteiger partial charge in [0.05, 0.1) is 5.01 Å². The van der Waals surface area contributed by atoms with Gasteiger partial charge in [-0.25, -0.2) is 22.5 Å². The van der Waals surface area contributed by atoms with Gasteiger partial charge in [-0.1, -0.05) is 0 Å². The summed E-state index contributed by atoms with van der Waals surface area (Å²) in [6.07, 6.45) is 0.353. The predicted molar refractivity (Wildman–Crippen MR) is 89.4 cm³/mol. The van der Waals surface area contributed by atoms with Crippen molar-refractivity contribution in [1.82, 2.24) is 14.6 Å². The summed E-state index contributed by atoms with van der Waals surface area (Å²) < 4.78 is 30.5. The van der Waals surface area contributed by atoms with E-state index in [0.717, 1.165) is 4.31 Å². The molecule has 0 saturated carbocycles. The average Bonchev–Trinajstić information content (AvgIpc) is 3.14. The van der Waals surface area contributed by atoms with E-state index in [1.54, 1.807) is 0 Å². The number of nitrogens with one attached hydrogen (secondary N) is 1. The highest BCUT2D eigenvalue weighted by Crippen LogP contribution is 2.22. The molecule has 0 aliphatic heterocycles. The molecule has 9 nitrogen and oxygen atoms in total. The molecule has 0 aromatic carbocycles. The van der Waals surface area contributed by atoms with Crippen LogP contribution >= 0.6 is 11.3 Å². The molecule has 2 aromatic heterocycles. The molecule has 2 rings (SSSR count). The molecular weight excluding hydrogens is 370 g/mol. The number of carboxylic acids is 1. The first-order valence-corrected chi connectivity index (χ1v) is 9.43. The molecule has 0 saturated heterocycles. The lowest BCUT2D eigenvalue weighted by molar-refractivity contribution is 0.0690. The fourth-order valence-electron chi connectivity index (χ4n) is 1.92. The van der Waals surface area contributed by atoms with Crippen molar-refractivity contribution in [1.29, 1.82) is 0 Å². The summed E-state index contributed by atoms with van der Waals surface area (Å²) in [5.74, 6) is -1.64. The van der Waals surface area contributed by atoms with Gasteiger partial charge in [0, 0.05) is 38.5 Å². The van der Waals surface area contributed by atoms with E-state index >= 15 is 0 Å². The van der Waals surface area contributed by atoms with Gasteiger partial charge in [-0.05, 0) is 6.92 Å². The minimum atomic E-state index is -3.69. The van der Waals surface area contributed by atoms with E-state index in [1.165, 1.54) is 43.8 Å². The summed E-state index contributed by atoms with van der Waals surface area (Å²) in [5, 5.41) is 13.4. The number of carboxylic acid groups (broad SMARTS) is 1. The lowest BCUT2D eigenvalue weighted by atomic mass is 10.4. The number of carbonyl (C=O) groups excluding carboxylic acids is 1. The van der Waals surface area contributed by atoms with E-state index in [1.807, 2.05) is 0 Å². The maximum atomic E-state index is 12.1. The number of aromatic carboxylic acids is 1. The van der Waals surface area contributed by atoms with Crippen molar-refractivity contribution >= 4 is 33.2 Å². The standard InChI is InChI=1S/C14H17N3O6S2/c1-8-11(25(21,22)17(2)3)6-10(23-8)13(18)15-5-4-12-16-9(7-24-12)14(19)20/h6-7H,4-5H2,1-3H3,(H,15,18)(H,19,20). The maximum absolute atomic E-state index is 12.1. The molecule has 0 unspecified atom stereocenters. The molecule has 2 N–H and O–H groups in total.